The van der Waals surface area contributed by atoms with Gasteiger partial charge in [0.25, 0.3) is 0 Å². The van der Waals surface area contributed by atoms with Crippen LogP contribution >= 0.6 is 0 Å². The molecule has 4 aromatic rings. The van der Waals surface area contributed by atoms with E-state index in [0.29, 0.717) is 16.9 Å². The number of methoxy groups -OCH3 is 2. The predicted octanol–water partition coefficient (Wildman–Crippen LogP) is 4.24. The van der Waals surface area contributed by atoms with Gasteiger partial charge in [-0.05, 0) is 29.8 Å². The molecule has 0 bridgehead atoms. The second kappa shape index (κ2) is 8.16. The smallest absolute Gasteiger partial charge is 0.339 e. The van der Waals surface area contributed by atoms with E-state index in [4.69, 9.17) is 18.1 Å². The first-order valence-corrected chi connectivity index (χ1v) is 10.6. The monoisotopic (exact) mass is 438 g/mol. The Bertz CT molecular complexity index is 1390. The lowest BCUT2D eigenvalue weighted by molar-refractivity contribution is 0.414. The maximum Gasteiger partial charge on any atom is 0.339 e. The highest BCUT2D eigenvalue weighted by Crippen LogP contribution is 2.32. The Morgan fingerprint density at radius 2 is 1.55 bits per heavy atom. The molecule has 0 saturated carbocycles. The SMILES string of the molecule is COc1ccc(-c2coc3cc(OS(=O)(=O)c4ccccc4)cc(OC)c3c2=O)cc1. The molecule has 0 N–H and O–H groups in total. The standard InChI is InChI=1S/C23H18O7S/c1-27-16-10-8-15(9-11-16)19-14-29-21-13-17(12-20(28-2)22(21)23(19)24)30-31(25,26)18-6-4-3-5-7-18/h3-14H,1-2H3. The van der Waals surface area contributed by atoms with Crippen LogP contribution in [-0.2, 0) is 10.1 Å². The molecule has 4 rings (SSSR count). The Balaban J connectivity index is 1.79. The fourth-order valence-corrected chi connectivity index (χ4v) is 4.07. The van der Waals surface area contributed by atoms with Gasteiger partial charge >= 0.3 is 10.1 Å². The molecule has 0 saturated heterocycles. The molecule has 0 aliphatic carbocycles. The van der Waals surface area contributed by atoms with Gasteiger partial charge in [0.15, 0.2) is 0 Å². The molecule has 1 heterocycles. The van der Waals surface area contributed by atoms with Gasteiger partial charge in [-0.2, -0.15) is 8.42 Å². The zero-order chi connectivity index (χ0) is 22.0. The molecule has 0 amide bonds. The molecule has 0 aliphatic heterocycles. The van der Waals surface area contributed by atoms with E-state index in [1.165, 1.54) is 37.6 Å². The molecular weight excluding hydrogens is 420 g/mol. The van der Waals surface area contributed by atoms with Gasteiger partial charge in [0.1, 0.15) is 39.4 Å². The van der Waals surface area contributed by atoms with Gasteiger partial charge in [0, 0.05) is 12.1 Å². The van der Waals surface area contributed by atoms with E-state index < -0.39 is 10.1 Å². The van der Waals surface area contributed by atoms with E-state index in [1.807, 2.05) is 0 Å². The summed E-state index contributed by atoms with van der Waals surface area (Å²) in [5.74, 6) is 0.765. The van der Waals surface area contributed by atoms with E-state index in [-0.39, 0.29) is 32.8 Å². The minimum Gasteiger partial charge on any atom is -0.497 e. The fraction of sp³-hybridized carbons (Fsp3) is 0.0870. The van der Waals surface area contributed by atoms with E-state index in [1.54, 1.807) is 49.6 Å². The van der Waals surface area contributed by atoms with Crippen LogP contribution < -0.4 is 19.1 Å². The van der Waals surface area contributed by atoms with Gasteiger partial charge in [0.05, 0.1) is 19.8 Å². The third-order valence-electron chi connectivity index (χ3n) is 4.67. The van der Waals surface area contributed by atoms with Gasteiger partial charge in [-0.25, -0.2) is 0 Å². The van der Waals surface area contributed by atoms with Crippen LogP contribution in [0.5, 0.6) is 17.2 Å². The topological polar surface area (TPSA) is 92.0 Å². The van der Waals surface area contributed by atoms with E-state index >= 15 is 0 Å². The third kappa shape index (κ3) is 3.97. The van der Waals surface area contributed by atoms with Crippen LogP contribution in [0.4, 0.5) is 0 Å². The fourth-order valence-electron chi connectivity index (χ4n) is 3.13. The van der Waals surface area contributed by atoms with Gasteiger partial charge in [-0.3, -0.25) is 4.79 Å². The summed E-state index contributed by atoms with van der Waals surface area (Å²) in [6.07, 6.45) is 1.32. The lowest BCUT2D eigenvalue weighted by Crippen LogP contribution is -2.11. The Morgan fingerprint density at radius 3 is 2.19 bits per heavy atom. The first kappa shape index (κ1) is 20.5. The highest BCUT2D eigenvalue weighted by molar-refractivity contribution is 7.87. The van der Waals surface area contributed by atoms with Crippen LogP contribution in [0, 0.1) is 0 Å². The Morgan fingerprint density at radius 1 is 0.839 bits per heavy atom. The first-order chi connectivity index (χ1) is 14.9. The van der Waals surface area contributed by atoms with Crippen molar-refractivity contribution in [3.8, 4) is 28.4 Å². The summed E-state index contributed by atoms with van der Waals surface area (Å²) in [5, 5.41) is 0.181. The lowest BCUT2D eigenvalue weighted by atomic mass is 10.0. The molecule has 158 valence electrons. The molecule has 0 spiro atoms. The van der Waals surface area contributed by atoms with Crippen molar-refractivity contribution in [2.45, 2.75) is 4.90 Å². The maximum absolute atomic E-state index is 13.2. The van der Waals surface area contributed by atoms with Gasteiger partial charge in [-0.1, -0.05) is 30.3 Å². The summed E-state index contributed by atoms with van der Waals surface area (Å²) in [6, 6.07) is 17.4. The molecular formula is C23H18O7S. The van der Waals surface area contributed by atoms with E-state index in [2.05, 4.69) is 0 Å². The van der Waals surface area contributed by atoms with Crippen molar-refractivity contribution < 1.29 is 26.5 Å². The lowest BCUT2D eigenvalue weighted by Gasteiger charge is -2.11. The Kier molecular flexibility index (Phi) is 5.39. The summed E-state index contributed by atoms with van der Waals surface area (Å²) >= 11 is 0. The van der Waals surface area contributed by atoms with Crippen LogP contribution in [0.25, 0.3) is 22.1 Å². The molecule has 0 aliphatic rings. The number of ether oxygens (including phenoxy) is 2. The summed E-state index contributed by atoms with van der Waals surface area (Å²) < 4.78 is 46.4. The molecule has 0 unspecified atom stereocenters. The van der Waals surface area contributed by atoms with Crippen molar-refractivity contribution in [3.05, 3.63) is 83.2 Å². The molecule has 31 heavy (non-hydrogen) atoms. The van der Waals surface area contributed by atoms with E-state index in [0.717, 1.165) is 0 Å². The van der Waals surface area contributed by atoms with Crippen LogP contribution in [0.2, 0.25) is 0 Å². The summed E-state index contributed by atoms with van der Waals surface area (Å²) in [4.78, 5) is 13.2. The van der Waals surface area contributed by atoms with Gasteiger partial charge < -0.3 is 18.1 Å². The largest absolute Gasteiger partial charge is 0.497 e. The second-order valence-corrected chi connectivity index (χ2v) is 8.10. The number of benzene rings is 3. The van der Waals surface area contributed by atoms with Crippen molar-refractivity contribution in [2.24, 2.45) is 0 Å². The zero-order valence-corrected chi connectivity index (χ0v) is 17.5. The minimum absolute atomic E-state index is 0.00497. The number of fused-ring (bicyclic) bond motifs is 1. The minimum atomic E-state index is -4.06. The quantitative estimate of drug-likeness (QED) is 0.416. The summed E-state index contributed by atoms with van der Waals surface area (Å²) in [5.41, 5.74) is 0.796. The normalized spacial score (nSPS) is 11.3. The van der Waals surface area contributed by atoms with E-state index in [9.17, 15) is 13.2 Å². The predicted molar refractivity (Wildman–Crippen MR) is 115 cm³/mol. The highest BCUT2D eigenvalue weighted by Gasteiger charge is 2.20. The van der Waals surface area contributed by atoms with Crippen molar-refractivity contribution in [3.63, 3.8) is 0 Å². The van der Waals surface area contributed by atoms with Crippen LogP contribution in [0.1, 0.15) is 0 Å². The number of rotatable bonds is 6. The molecule has 7 nitrogen and oxygen atoms in total. The van der Waals surface area contributed by atoms with Crippen LogP contribution in [0.15, 0.2) is 87.1 Å². The average molecular weight is 438 g/mol. The average Bonchev–Trinajstić information content (AvgIpc) is 2.79. The van der Waals surface area contributed by atoms with Crippen molar-refractivity contribution in [1.82, 2.24) is 0 Å². The number of hydrogen-bond donors (Lipinski definition) is 0. The van der Waals surface area contributed by atoms with Crippen LogP contribution in [0.3, 0.4) is 0 Å². The van der Waals surface area contributed by atoms with Crippen molar-refractivity contribution in [1.29, 1.82) is 0 Å². The maximum atomic E-state index is 13.2. The third-order valence-corrected chi connectivity index (χ3v) is 5.94. The van der Waals surface area contributed by atoms with Crippen molar-refractivity contribution in [2.75, 3.05) is 14.2 Å². The zero-order valence-electron chi connectivity index (χ0n) is 16.7. The summed E-state index contributed by atoms with van der Waals surface area (Å²) in [7, 11) is -1.13. The summed E-state index contributed by atoms with van der Waals surface area (Å²) in [6.45, 7) is 0. The Hall–Kier alpha value is -3.78. The second-order valence-electron chi connectivity index (χ2n) is 6.56. The van der Waals surface area contributed by atoms with Crippen molar-refractivity contribution >= 4 is 21.1 Å². The molecule has 0 atom stereocenters. The van der Waals surface area contributed by atoms with Gasteiger partial charge in [0.2, 0.25) is 5.43 Å². The number of hydrogen-bond acceptors (Lipinski definition) is 7. The molecule has 0 fully saturated rings. The molecule has 0 radical (unpaired) electrons. The van der Waals surface area contributed by atoms with Crippen LogP contribution in [-0.4, -0.2) is 22.6 Å². The molecule has 3 aromatic carbocycles. The Labute approximate surface area is 178 Å². The molecule has 1 aromatic heterocycles. The molecule has 8 heteroatoms. The highest BCUT2D eigenvalue weighted by atomic mass is 32.2. The van der Waals surface area contributed by atoms with Gasteiger partial charge in [-0.15, -0.1) is 0 Å². The first-order valence-electron chi connectivity index (χ1n) is 9.20.